The number of rotatable bonds is 9. The smallest absolute Gasteiger partial charge is 0.419 e. The van der Waals surface area contributed by atoms with Gasteiger partial charge < -0.3 is 14.5 Å². The average Bonchev–Trinajstić information content (AvgIpc) is 3.04. The fraction of sp³-hybridized carbons (Fsp3) is 0.300. The molecule has 0 aliphatic rings. The molecular formula is C20H23N3O6S2. The third-order valence-electron chi connectivity index (χ3n) is 4.66. The summed E-state index contributed by atoms with van der Waals surface area (Å²) in [5.74, 6) is 0.153. The lowest BCUT2D eigenvalue weighted by Crippen LogP contribution is -2.44. The lowest BCUT2D eigenvalue weighted by molar-refractivity contribution is -0.117. The van der Waals surface area contributed by atoms with Crippen molar-refractivity contribution in [1.82, 2.24) is 9.29 Å². The van der Waals surface area contributed by atoms with Gasteiger partial charge in [0.1, 0.15) is 11.8 Å². The molecule has 11 heteroatoms. The summed E-state index contributed by atoms with van der Waals surface area (Å²) >= 11 is 1.50. The van der Waals surface area contributed by atoms with Crippen molar-refractivity contribution in [3.63, 3.8) is 0 Å². The Labute approximate surface area is 183 Å². The molecule has 0 bridgehead atoms. The highest BCUT2D eigenvalue weighted by Crippen LogP contribution is 2.20. The van der Waals surface area contributed by atoms with E-state index in [1.54, 1.807) is 31.4 Å². The SMILES string of the molecule is COc1ccc(NC(=O)[C@@H](CCSC)NS(=O)(=O)c2ccc3c(c2)oc(=O)n3C)cc1. The second-order valence-electron chi connectivity index (χ2n) is 6.73. The number of carbonyl (C=O) groups excluding carboxylic acids is 1. The molecular weight excluding hydrogens is 442 g/mol. The van der Waals surface area contributed by atoms with Crippen LogP contribution in [0.4, 0.5) is 5.69 Å². The van der Waals surface area contributed by atoms with Gasteiger partial charge in [-0.05, 0) is 54.8 Å². The van der Waals surface area contributed by atoms with Gasteiger partial charge in [0.15, 0.2) is 5.58 Å². The van der Waals surface area contributed by atoms with E-state index < -0.39 is 27.7 Å². The molecule has 1 heterocycles. The molecule has 0 fully saturated rings. The number of aromatic nitrogens is 1. The fourth-order valence-corrected chi connectivity index (χ4v) is 4.64. The Morgan fingerprint density at radius 1 is 1.23 bits per heavy atom. The molecule has 0 spiro atoms. The van der Waals surface area contributed by atoms with Crippen molar-refractivity contribution in [3.05, 3.63) is 53.0 Å². The predicted molar refractivity (Wildman–Crippen MR) is 120 cm³/mol. The normalized spacial score (nSPS) is 12.6. The molecule has 1 aromatic heterocycles. The highest BCUT2D eigenvalue weighted by molar-refractivity contribution is 7.98. The molecule has 9 nitrogen and oxygen atoms in total. The summed E-state index contributed by atoms with van der Waals surface area (Å²) < 4.78 is 39.8. The minimum atomic E-state index is -4.04. The topological polar surface area (TPSA) is 120 Å². The summed E-state index contributed by atoms with van der Waals surface area (Å²) in [5.41, 5.74) is 1.14. The molecule has 0 radical (unpaired) electrons. The first-order valence-electron chi connectivity index (χ1n) is 9.31. The standard InChI is InChI=1S/C20H23N3O6S2/c1-23-17-9-8-15(12-18(17)29-20(23)25)31(26,27)22-16(10-11-30-3)19(24)21-13-4-6-14(28-2)7-5-13/h4-9,12,16,22H,10-11H2,1-3H3,(H,21,24)/t16-/m1/s1. The number of nitrogens with one attached hydrogen (secondary N) is 2. The van der Waals surface area contributed by atoms with E-state index >= 15 is 0 Å². The van der Waals surface area contributed by atoms with Gasteiger partial charge in [0, 0.05) is 18.8 Å². The van der Waals surface area contributed by atoms with Crippen molar-refractivity contribution in [2.45, 2.75) is 17.4 Å². The van der Waals surface area contributed by atoms with Crippen LogP contribution in [0.3, 0.4) is 0 Å². The molecule has 1 atom stereocenters. The minimum Gasteiger partial charge on any atom is -0.497 e. The number of anilines is 1. The van der Waals surface area contributed by atoms with Crippen LogP contribution in [0.2, 0.25) is 0 Å². The van der Waals surface area contributed by atoms with Crippen LogP contribution in [0.1, 0.15) is 6.42 Å². The Balaban J connectivity index is 1.82. The van der Waals surface area contributed by atoms with Crippen LogP contribution >= 0.6 is 11.8 Å². The lowest BCUT2D eigenvalue weighted by Gasteiger charge is -2.18. The lowest BCUT2D eigenvalue weighted by atomic mass is 10.2. The van der Waals surface area contributed by atoms with Crippen molar-refractivity contribution < 1.29 is 22.4 Å². The molecule has 3 aromatic rings. The molecule has 1 amide bonds. The van der Waals surface area contributed by atoms with E-state index in [1.807, 2.05) is 6.26 Å². The number of thioether (sulfide) groups is 1. The Bertz CT molecular complexity index is 1230. The van der Waals surface area contributed by atoms with Gasteiger partial charge in [-0.25, -0.2) is 13.2 Å². The van der Waals surface area contributed by atoms with Crippen LogP contribution < -0.4 is 20.5 Å². The molecule has 0 aliphatic carbocycles. The van der Waals surface area contributed by atoms with Gasteiger partial charge in [-0.1, -0.05) is 0 Å². The molecule has 0 saturated carbocycles. The van der Waals surface area contributed by atoms with Crippen molar-refractivity contribution in [2.24, 2.45) is 7.05 Å². The van der Waals surface area contributed by atoms with Crippen molar-refractivity contribution in [1.29, 1.82) is 0 Å². The van der Waals surface area contributed by atoms with Gasteiger partial charge in [-0.3, -0.25) is 9.36 Å². The zero-order chi connectivity index (χ0) is 22.6. The Morgan fingerprint density at radius 2 is 1.94 bits per heavy atom. The van der Waals surface area contributed by atoms with Crippen molar-refractivity contribution in [2.75, 3.05) is 24.4 Å². The number of nitrogens with zero attached hydrogens (tertiary/aromatic N) is 1. The third kappa shape index (κ3) is 5.30. The second-order valence-corrected chi connectivity index (χ2v) is 9.43. The Morgan fingerprint density at radius 3 is 2.58 bits per heavy atom. The Kier molecular flexibility index (Phi) is 7.08. The number of fused-ring (bicyclic) bond motifs is 1. The van der Waals surface area contributed by atoms with E-state index in [0.29, 0.717) is 29.1 Å². The van der Waals surface area contributed by atoms with Gasteiger partial charge in [-0.15, -0.1) is 0 Å². The molecule has 31 heavy (non-hydrogen) atoms. The third-order valence-corrected chi connectivity index (χ3v) is 6.77. The van der Waals surface area contributed by atoms with E-state index in [0.717, 1.165) is 0 Å². The fourth-order valence-electron chi connectivity index (χ4n) is 2.92. The number of oxazole rings is 1. The summed E-state index contributed by atoms with van der Waals surface area (Å²) in [5, 5.41) is 2.72. The number of sulfonamides is 1. The number of hydrogen-bond donors (Lipinski definition) is 2. The highest BCUT2D eigenvalue weighted by atomic mass is 32.2. The quantitative estimate of drug-likeness (QED) is 0.497. The second kappa shape index (κ2) is 9.58. The van der Waals surface area contributed by atoms with Gasteiger partial charge in [-0.2, -0.15) is 16.5 Å². The average molecular weight is 466 g/mol. The van der Waals surface area contributed by atoms with Crippen LogP contribution in [0, 0.1) is 0 Å². The predicted octanol–water partition coefficient (Wildman–Crippen LogP) is 2.18. The van der Waals surface area contributed by atoms with Gasteiger partial charge in [0.05, 0.1) is 17.5 Å². The summed E-state index contributed by atoms with van der Waals surface area (Å²) in [6.07, 6.45) is 2.17. The first kappa shape index (κ1) is 22.9. The molecule has 2 aromatic carbocycles. The number of aryl methyl sites for hydroxylation is 1. The maximum absolute atomic E-state index is 12.9. The van der Waals surface area contributed by atoms with Crippen molar-refractivity contribution in [3.8, 4) is 5.75 Å². The maximum Gasteiger partial charge on any atom is 0.419 e. The number of carbonyl (C=O) groups is 1. The number of ether oxygens (including phenoxy) is 1. The van der Waals surface area contributed by atoms with Gasteiger partial charge in [0.2, 0.25) is 15.9 Å². The highest BCUT2D eigenvalue weighted by Gasteiger charge is 2.26. The first-order valence-corrected chi connectivity index (χ1v) is 12.2. The van der Waals surface area contributed by atoms with Crippen molar-refractivity contribution >= 4 is 44.5 Å². The van der Waals surface area contributed by atoms with E-state index in [2.05, 4.69) is 10.0 Å². The van der Waals surface area contributed by atoms with E-state index in [9.17, 15) is 18.0 Å². The first-order chi connectivity index (χ1) is 14.7. The number of amides is 1. The minimum absolute atomic E-state index is 0.0965. The number of benzene rings is 2. The van der Waals surface area contributed by atoms with Crippen LogP contribution in [0.15, 0.2) is 56.6 Å². The summed E-state index contributed by atoms with van der Waals surface area (Å²) in [4.78, 5) is 24.4. The van der Waals surface area contributed by atoms with Crippen LogP contribution in [0.25, 0.3) is 11.1 Å². The molecule has 3 rings (SSSR count). The largest absolute Gasteiger partial charge is 0.497 e. The van der Waals surface area contributed by atoms with Crippen LogP contribution in [-0.4, -0.2) is 44.1 Å². The molecule has 0 aliphatic heterocycles. The number of hydrogen-bond acceptors (Lipinski definition) is 7. The maximum atomic E-state index is 12.9. The van der Waals surface area contributed by atoms with Gasteiger partial charge >= 0.3 is 5.76 Å². The van der Waals surface area contributed by atoms with Gasteiger partial charge in [0.25, 0.3) is 0 Å². The zero-order valence-corrected chi connectivity index (χ0v) is 18.9. The van der Waals surface area contributed by atoms with E-state index in [4.69, 9.17) is 9.15 Å². The molecule has 2 N–H and O–H groups in total. The summed E-state index contributed by atoms with van der Waals surface area (Å²) in [6.45, 7) is 0. The monoisotopic (exact) mass is 465 g/mol. The summed E-state index contributed by atoms with van der Waals surface area (Å²) in [7, 11) is -0.974. The van der Waals surface area contributed by atoms with Crippen LogP contribution in [-0.2, 0) is 21.9 Å². The molecule has 0 unspecified atom stereocenters. The van der Waals surface area contributed by atoms with Crippen LogP contribution in [0.5, 0.6) is 5.75 Å². The summed E-state index contributed by atoms with van der Waals surface area (Å²) in [6, 6.07) is 9.86. The number of methoxy groups -OCH3 is 1. The van der Waals surface area contributed by atoms with E-state index in [1.165, 1.54) is 41.6 Å². The zero-order valence-electron chi connectivity index (χ0n) is 17.2. The Hall–Kier alpha value is -2.76. The van der Waals surface area contributed by atoms with E-state index in [-0.39, 0.29) is 10.5 Å². The molecule has 0 saturated heterocycles. The molecule has 166 valence electrons.